The van der Waals surface area contributed by atoms with Crippen LogP contribution in [-0.2, 0) is 0 Å². The van der Waals surface area contributed by atoms with E-state index in [1.165, 1.54) is 6.33 Å². The second-order valence-electron chi connectivity index (χ2n) is 4.32. The van der Waals surface area contributed by atoms with Crippen LogP contribution in [0.5, 0.6) is 0 Å². The summed E-state index contributed by atoms with van der Waals surface area (Å²) in [7, 11) is 0. The Balaban J connectivity index is 1.88. The van der Waals surface area contributed by atoms with Crippen molar-refractivity contribution < 1.29 is 0 Å². The number of nitrogens with zero attached hydrogens (tertiary/aromatic N) is 4. The molecule has 0 aliphatic heterocycles. The van der Waals surface area contributed by atoms with Crippen molar-refractivity contribution in [2.45, 2.75) is 0 Å². The number of hydrogen-bond donors (Lipinski definition) is 3. The summed E-state index contributed by atoms with van der Waals surface area (Å²) in [6.45, 7) is 0. The van der Waals surface area contributed by atoms with Crippen LogP contribution in [-0.4, -0.2) is 19.9 Å². The number of hydrogen-bond acceptors (Lipinski definition) is 7. The molecular formula is C14H12ClN7. The van der Waals surface area contributed by atoms with E-state index in [1.54, 1.807) is 30.7 Å². The number of rotatable bonds is 4. The zero-order valence-electron chi connectivity index (χ0n) is 11.4. The topological polar surface area (TPSA) is 102 Å². The molecule has 3 rings (SSSR count). The van der Waals surface area contributed by atoms with Crippen molar-refractivity contribution in [2.75, 3.05) is 16.4 Å². The minimum Gasteiger partial charge on any atom is -0.393 e. The highest BCUT2D eigenvalue weighted by molar-refractivity contribution is 6.32. The summed E-state index contributed by atoms with van der Waals surface area (Å²) in [5.74, 6) is 0.918. The highest BCUT2D eigenvalue weighted by atomic mass is 35.5. The van der Waals surface area contributed by atoms with Gasteiger partial charge in [0.05, 0.1) is 17.6 Å². The van der Waals surface area contributed by atoms with Crippen LogP contribution >= 0.6 is 11.6 Å². The van der Waals surface area contributed by atoms with Gasteiger partial charge in [0.2, 0.25) is 0 Å². The Morgan fingerprint density at radius 3 is 2.45 bits per heavy atom. The Hall–Kier alpha value is -2.93. The highest BCUT2D eigenvalue weighted by Crippen LogP contribution is 2.29. The second kappa shape index (κ2) is 6.23. The van der Waals surface area contributed by atoms with E-state index in [2.05, 4.69) is 30.6 Å². The quantitative estimate of drug-likeness (QED) is 0.636. The van der Waals surface area contributed by atoms with Gasteiger partial charge in [0.25, 0.3) is 0 Å². The predicted octanol–water partition coefficient (Wildman–Crippen LogP) is 2.99. The van der Waals surface area contributed by atoms with Crippen molar-refractivity contribution in [3.05, 3.63) is 54.3 Å². The van der Waals surface area contributed by atoms with Crippen LogP contribution in [0.3, 0.4) is 0 Å². The molecule has 22 heavy (non-hydrogen) atoms. The SMILES string of the molecule is Nc1c(Nc2cccnc2)ncnc1Nc1cccnc1Cl. The summed E-state index contributed by atoms with van der Waals surface area (Å²) in [5, 5.41) is 6.46. The van der Waals surface area contributed by atoms with Crippen molar-refractivity contribution >= 4 is 40.3 Å². The summed E-state index contributed by atoms with van der Waals surface area (Å²) in [4.78, 5) is 16.3. The molecule has 3 heterocycles. The molecule has 3 aromatic rings. The number of nitrogen functional groups attached to an aromatic ring is 1. The molecule has 0 radical (unpaired) electrons. The predicted molar refractivity (Wildman–Crippen MR) is 86.5 cm³/mol. The first-order chi connectivity index (χ1) is 10.7. The molecule has 0 amide bonds. The fourth-order valence-electron chi connectivity index (χ4n) is 1.78. The van der Waals surface area contributed by atoms with Crippen LogP contribution < -0.4 is 16.4 Å². The van der Waals surface area contributed by atoms with E-state index < -0.39 is 0 Å². The van der Waals surface area contributed by atoms with Gasteiger partial charge in [-0.25, -0.2) is 15.0 Å². The molecule has 8 heteroatoms. The molecule has 0 spiro atoms. The van der Waals surface area contributed by atoms with Gasteiger partial charge in [-0.15, -0.1) is 0 Å². The number of nitrogens with two attached hydrogens (primary N) is 1. The third-order valence-corrected chi connectivity index (χ3v) is 3.12. The molecule has 0 aliphatic carbocycles. The van der Waals surface area contributed by atoms with Gasteiger partial charge in [-0.05, 0) is 24.3 Å². The van der Waals surface area contributed by atoms with Crippen LogP contribution in [0.2, 0.25) is 5.15 Å². The highest BCUT2D eigenvalue weighted by Gasteiger charge is 2.10. The van der Waals surface area contributed by atoms with Gasteiger partial charge in [-0.1, -0.05) is 11.6 Å². The molecule has 3 aromatic heterocycles. The fourth-order valence-corrected chi connectivity index (χ4v) is 1.94. The third kappa shape index (κ3) is 3.04. The first-order valence-corrected chi connectivity index (χ1v) is 6.77. The molecule has 110 valence electrons. The van der Waals surface area contributed by atoms with Crippen LogP contribution in [0.4, 0.5) is 28.7 Å². The number of nitrogens with one attached hydrogen (secondary N) is 2. The molecule has 0 bridgehead atoms. The van der Waals surface area contributed by atoms with E-state index >= 15 is 0 Å². The zero-order chi connectivity index (χ0) is 15.4. The standard InChI is InChI=1S/C14H12ClN7/c15-12-10(4-2-6-18-12)22-14-11(16)13(19-8-20-14)21-9-3-1-5-17-7-9/h1-8H,16H2,(H2,19,20,21,22). The molecule has 0 unspecified atom stereocenters. The molecular weight excluding hydrogens is 302 g/mol. The Kier molecular flexibility index (Phi) is 3.97. The molecule has 0 aliphatic rings. The number of pyridine rings is 2. The van der Waals surface area contributed by atoms with Gasteiger partial charge < -0.3 is 16.4 Å². The summed E-state index contributed by atoms with van der Waals surface area (Å²) < 4.78 is 0. The molecule has 0 aromatic carbocycles. The van der Waals surface area contributed by atoms with E-state index in [0.29, 0.717) is 28.2 Å². The number of halogens is 1. The van der Waals surface area contributed by atoms with Crippen molar-refractivity contribution in [1.29, 1.82) is 0 Å². The lowest BCUT2D eigenvalue weighted by molar-refractivity contribution is 1.16. The van der Waals surface area contributed by atoms with Crippen molar-refractivity contribution in [1.82, 2.24) is 19.9 Å². The van der Waals surface area contributed by atoms with Gasteiger partial charge in [-0.3, -0.25) is 4.98 Å². The molecule has 0 saturated heterocycles. The first-order valence-electron chi connectivity index (χ1n) is 6.39. The Morgan fingerprint density at radius 1 is 0.955 bits per heavy atom. The van der Waals surface area contributed by atoms with Gasteiger partial charge in [0.1, 0.15) is 12.0 Å². The largest absolute Gasteiger partial charge is 0.393 e. The van der Waals surface area contributed by atoms with Crippen LogP contribution in [0.1, 0.15) is 0 Å². The summed E-state index contributed by atoms with van der Waals surface area (Å²) in [6.07, 6.45) is 6.37. The molecule has 0 fully saturated rings. The van der Waals surface area contributed by atoms with E-state index in [9.17, 15) is 0 Å². The summed E-state index contributed by atoms with van der Waals surface area (Å²) >= 11 is 6.01. The maximum absolute atomic E-state index is 6.10. The lowest BCUT2D eigenvalue weighted by atomic mass is 10.3. The van der Waals surface area contributed by atoms with E-state index in [0.717, 1.165) is 5.69 Å². The monoisotopic (exact) mass is 313 g/mol. The average Bonchev–Trinajstić information content (AvgIpc) is 2.54. The first kappa shape index (κ1) is 14.0. The van der Waals surface area contributed by atoms with Gasteiger partial charge >= 0.3 is 0 Å². The molecule has 0 saturated carbocycles. The lowest BCUT2D eigenvalue weighted by Crippen LogP contribution is -2.05. The van der Waals surface area contributed by atoms with Gasteiger partial charge in [-0.2, -0.15) is 0 Å². The smallest absolute Gasteiger partial charge is 0.159 e. The molecule has 4 N–H and O–H groups in total. The van der Waals surface area contributed by atoms with Crippen molar-refractivity contribution in [3.63, 3.8) is 0 Å². The second-order valence-corrected chi connectivity index (χ2v) is 4.68. The van der Waals surface area contributed by atoms with Gasteiger partial charge in [0.15, 0.2) is 16.8 Å². The lowest BCUT2D eigenvalue weighted by Gasteiger charge is -2.12. The van der Waals surface area contributed by atoms with Gasteiger partial charge in [0, 0.05) is 12.4 Å². The zero-order valence-corrected chi connectivity index (χ0v) is 12.1. The number of aromatic nitrogens is 4. The minimum absolute atomic E-state index is 0.335. The van der Waals surface area contributed by atoms with E-state index in [-0.39, 0.29) is 0 Å². The molecule has 7 nitrogen and oxygen atoms in total. The summed E-state index contributed by atoms with van der Waals surface area (Å²) in [5.41, 5.74) is 7.85. The maximum Gasteiger partial charge on any atom is 0.159 e. The Morgan fingerprint density at radius 2 is 1.73 bits per heavy atom. The normalized spacial score (nSPS) is 10.2. The Labute approximate surface area is 131 Å². The fraction of sp³-hybridized carbons (Fsp3) is 0. The molecule has 0 atom stereocenters. The summed E-state index contributed by atoms with van der Waals surface area (Å²) in [6, 6.07) is 7.22. The van der Waals surface area contributed by atoms with E-state index in [4.69, 9.17) is 17.3 Å². The minimum atomic E-state index is 0.335. The van der Waals surface area contributed by atoms with Crippen molar-refractivity contribution in [3.8, 4) is 0 Å². The van der Waals surface area contributed by atoms with E-state index in [1.807, 2.05) is 12.1 Å². The van der Waals surface area contributed by atoms with Crippen LogP contribution in [0.25, 0.3) is 0 Å². The maximum atomic E-state index is 6.10. The van der Waals surface area contributed by atoms with Crippen LogP contribution in [0, 0.1) is 0 Å². The van der Waals surface area contributed by atoms with Crippen LogP contribution in [0.15, 0.2) is 49.2 Å². The number of anilines is 5. The Bertz CT molecular complexity index is 779. The van der Waals surface area contributed by atoms with Crippen molar-refractivity contribution in [2.24, 2.45) is 0 Å². The average molecular weight is 314 g/mol. The third-order valence-electron chi connectivity index (χ3n) is 2.82.